The quantitative estimate of drug-likeness (QED) is 0.904. The van der Waals surface area contributed by atoms with Gasteiger partial charge in [-0.25, -0.2) is 0 Å². The monoisotopic (exact) mass is 288 g/mol. The summed E-state index contributed by atoms with van der Waals surface area (Å²) in [5.74, 6) is 0.256. The van der Waals surface area contributed by atoms with Crippen molar-refractivity contribution in [3.8, 4) is 11.5 Å². The van der Waals surface area contributed by atoms with Crippen molar-refractivity contribution in [2.24, 2.45) is 0 Å². The average Bonchev–Trinajstić information content (AvgIpc) is 2.16. The Kier molecular flexibility index (Phi) is 4.61. The summed E-state index contributed by atoms with van der Waals surface area (Å²) in [5.41, 5.74) is 0.670. The van der Waals surface area contributed by atoms with Crippen LogP contribution in [-0.4, -0.2) is 24.8 Å². The van der Waals surface area contributed by atoms with Crippen molar-refractivity contribution in [2.75, 3.05) is 13.7 Å². The van der Waals surface area contributed by atoms with Crippen LogP contribution in [0, 0.1) is 0 Å². The standard InChI is InChI=1S/C11H13BrO4/c1-3-16-9-5-7(6-10(13)14)4-8(12)11(9)15-2/h4-5H,3,6H2,1-2H3,(H,13,14). The number of aliphatic carboxylic acids is 1. The van der Waals surface area contributed by atoms with Crippen molar-refractivity contribution in [2.45, 2.75) is 13.3 Å². The fraction of sp³-hybridized carbons (Fsp3) is 0.364. The minimum Gasteiger partial charge on any atom is -0.492 e. The summed E-state index contributed by atoms with van der Waals surface area (Å²) < 4.78 is 11.2. The van der Waals surface area contributed by atoms with E-state index >= 15 is 0 Å². The Hall–Kier alpha value is -1.23. The first-order valence-corrected chi connectivity index (χ1v) is 5.58. The lowest BCUT2D eigenvalue weighted by atomic mass is 10.1. The van der Waals surface area contributed by atoms with Gasteiger partial charge in [-0.1, -0.05) is 0 Å². The van der Waals surface area contributed by atoms with E-state index in [0.29, 0.717) is 28.1 Å². The fourth-order valence-electron chi connectivity index (χ4n) is 1.36. The summed E-state index contributed by atoms with van der Waals surface area (Å²) >= 11 is 3.32. The Morgan fingerprint density at radius 3 is 2.69 bits per heavy atom. The molecular formula is C11H13BrO4. The molecule has 1 aromatic carbocycles. The van der Waals surface area contributed by atoms with Gasteiger partial charge in [-0.15, -0.1) is 0 Å². The highest BCUT2D eigenvalue weighted by molar-refractivity contribution is 9.10. The van der Waals surface area contributed by atoms with Gasteiger partial charge in [-0.05, 0) is 40.5 Å². The van der Waals surface area contributed by atoms with Gasteiger partial charge in [0.05, 0.1) is 24.6 Å². The summed E-state index contributed by atoms with van der Waals surface area (Å²) in [6.45, 7) is 2.36. The SMILES string of the molecule is CCOc1cc(CC(=O)O)cc(Br)c1OC. The first kappa shape index (κ1) is 12.8. The van der Waals surface area contributed by atoms with Crippen molar-refractivity contribution >= 4 is 21.9 Å². The average molecular weight is 289 g/mol. The van der Waals surface area contributed by atoms with E-state index in [4.69, 9.17) is 14.6 Å². The number of carbonyl (C=O) groups is 1. The predicted molar refractivity (Wildman–Crippen MR) is 63.2 cm³/mol. The van der Waals surface area contributed by atoms with Crippen LogP contribution in [0.15, 0.2) is 16.6 Å². The Labute approximate surface area is 102 Å². The predicted octanol–water partition coefficient (Wildman–Crippen LogP) is 2.48. The third-order valence-electron chi connectivity index (χ3n) is 1.93. The molecule has 0 unspecified atom stereocenters. The Morgan fingerprint density at radius 2 is 2.19 bits per heavy atom. The van der Waals surface area contributed by atoms with E-state index in [2.05, 4.69) is 15.9 Å². The number of hydrogen-bond donors (Lipinski definition) is 1. The molecule has 1 N–H and O–H groups in total. The molecule has 0 amide bonds. The summed E-state index contributed by atoms with van der Waals surface area (Å²) in [6, 6.07) is 3.40. The third-order valence-corrected chi connectivity index (χ3v) is 2.52. The number of halogens is 1. The van der Waals surface area contributed by atoms with E-state index in [9.17, 15) is 4.79 Å². The number of hydrogen-bond acceptors (Lipinski definition) is 3. The first-order valence-electron chi connectivity index (χ1n) is 4.79. The molecule has 0 bridgehead atoms. The maximum Gasteiger partial charge on any atom is 0.307 e. The van der Waals surface area contributed by atoms with Gasteiger partial charge in [0.25, 0.3) is 0 Å². The number of methoxy groups -OCH3 is 1. The van der Waals surface area contributed by atoms with Gasteiger partial charge >= 0.3 is 5.97 Å². The Morgan fingerprint density at radius 1 is 1.50 bits per heavy atom. The smallest absolute Gasteiger partial charge is 0.307 e. The summed E-state index contributed by atoms with van der Waals surface area (Å²) in [4.78, 5) is 10.6. The Bertz CT molecular complexity index is 390. The highest BCUT2D eigenvalue weighted by atomic mass is 79.9. The van der Waals surface area contributed by atoms with Crippen molar-refractivity contribution < 1.29 is 19.4 Å². The molecule has 16 heavy (non-hydrogen) atoms. The number of rotatable bonds is 5. The summed E-state index contributed by atoms with van der Waals surface area (Å²) in [5, 5.41) is 8.72. The van der Waals surface area contributed by atoms with Crippen LogP contribution in [0.2, 0.25) is 0 Å². The largest absolute Gasteiger partial charge is 0.492 e. The zero-order chi connectivity index (χ0) is 12.1. The van der Waals surface area contributed by atoms with Crippen LogP contribution in [0.25, 0.3) is 0 Å². The van der Waals surface area contributed by atoms with Crippen LogP contribution in [0.4, 0.5) is 0 Å². The molecular weight excluding hydrogens is 276 g/mol. The summed E-state index contributed by atoms with van der Waals surface area (Å²) in [7, 11) is 1.54. The Balaban J connectivity index is 3.11. The molecule has 0 saturated carbocycles. The highest BCUT2D eigenvalue weighted by Crippen LogP contribution is 2.36. The van der Waals surface area contributed by atoms with Crippen LogP contribution >= 0.6 is 15.9 Å². The van der Waals surface area contributed by atoms with Gasteiger partial charge < -0.3 is 14.6 Å². The molecule has 1 aromatic rings. The van der Waals surface area contributed by atoms with E-state index in [1.165, 1.54) is 0 Å². The molecule has 0 spiro atoms. The van der Waals surface area contributed by atoms with Crippen molar-refractivity contribution in [3.05, 3.63) is 22.2 Å². The van der Waals surface area contributed by atoms with E-state index < -0.39 is 5.97 Å². The zero-order valence-electron chi connectivity index (χ0n) is 9.12. The lowest BCUT2D eigenvalue weighted by Crippen LogP contribution is -2.02. The van der Waals surface area contributed by atoms with E-state index in [-0.39, 0.29) is 6.42 Å². The molecule has 5 heteroatoms. The van der Waals surface area contributed by atoms with E-state index in [1.807, 2.05) is 6.92 Å². The topological polar surface area (TPSA) is 55.8 Å². The summed E-state index contributed by atoms with van der Waals surface area (Å²) in [6.07, 6.45) is -0.0390. The van der Waals surface area contributed by atoms with Crippen LogP contribution in [0.3, 0.4) is 0 Å². The van der Waals surface area contributed by atoms with Gasteiger partial charge in [0.2, 0.25) is 0 Å². The lowest BCUT2D eigenvalue weighted by molar-refractivity contribution is -0.136. The molecule has 0 radical (unpaired) electrons. The van der Waals surface area contributed by atoms with Crippen molar-refractivity contribution in [3.63, 3.8) is 0 Å². The molecule has 0 saturated heterocycles. The first-order chi connectivity index (χ1) is 7.58. The molecule has 4 nitrogen and oxygen atoms in total. The van der Waals surface area contributed by atoms with Gasteiger partial charge in [-0.3, -0.25) is 4.79 Å². The molecule has 0 heterocycles. The second-order valence-corrected chi connectivity index (χ2v) is 3.97. The second kappa shape index (κ2) is 5.75. The number of carboxylic acids is 1. The van der Waals surface area contributed by atoms with Gasteiger partial charge in [0.15, 0.2) is 11.5 Å². The molecule has 1 rings (SSSR count). The molecule has 0 aliphatic rings. The van der Waals surface area contributed by atoms with Gasteiger partial charge in [-0.2, -0.15) is 0 Å². The highest BCUT2D eigenvalue weighted by Gasteiger charge is 2.12. The van der Waals surface area contributed by atoms with Crippen LogP contribution in [-0.2, 0) is 11.2 Å². The molecule has 0 aliphatic carbocycles. The zero-order valence-corrected chi connectivity index (χ0v) is 10.7. The van der Waals surface area contributed by atoms with Gasteiger partial charge in [0.1, 0.15) is 0 Å². The fourth-order valence-corrected chi connectivity index (χ4v) is 2.01. The second-order valence-electron chi connectivity index (χ2n) is 3.11. The molecule has 0 atom stereocenters. The third kappa shape index (κ3) is 3.13. The maximum absolute atomic E-state index is 10.6. The van der Waals surface area contributed by atoms with Crippen LogP contribution < -0.4 is 9.47 Å². The van der Waals surface area contributed by atoms with Crippen LogP contribution in [0.5, 0.6) is 11.5 Å². The minimum atomic E-state index is -0.875. The molecule has 88 valence electrons. The maximum atomic E-state index is 10.6. The van der Waals surface area contributed by atoms with Gasteiger partial charge in [0, 0.05) is 0 Å². The number of benzene rings is 1. The molecule has 0 aromatic heterocycles. The van der Waals surface area contributed by atoms with Crippen molar-refractivity contribution in [1.29, 1.82) is 0 Å². The van der Waals surface area contributed by atoms with E-state index in [1.54, 1.807) is 19.2 Å². The van der Waals surface area contributed by atoms with Crippen molar-refractivity contribution in [1.82, 2.24) is 0 Å². The molecule has 0 fully saturated rings. The lowest BCUT2D eigenvalue weighted by Gasteiger charge is -2.12. The van der Waals surface area contributed by atoms with E-state index in [0.717, 1.165) is 0 Å². The number of carboxylic acid groups (broad SMARTS) is 1. The normalized spacial score (nSPS) is 9.94. The van der Waals surface area contributed by atoms with Crippen LogP contribution in [0.1, 0.15) is 12.5 Å². The minimum absolute atomic E-state index is 0.0390. The number of ether oxygens (including phenoxy) is 2. The molecule has 0 aliphatic heterocycles.